The lowest BCUT2D eigenvalue weighted by atomic mass is 10.2. The van der Waals surface area contributed by atoms with E-state index < -0.39 is 34.7 Å². The molecule has 0 aliphatic carbocycles. The van der Waals surface area contributed by atoms with Crippen LogP contribution in [-0.4, -0.2) is 49.7 Å². The number of aryl methyl sites for hydroxylation is 1. The van der Waals surface area contributed by atoms with Gasteiger partial charge in [-0.1, -0.05) is 22.9 Å². The minimum absolute atomic E-state index is 0.00952. The Morgan fingerprint density at radius 2 is 1.92 bits per heavy atom. The highest BCUT2D eigenvalue weighted by atomic mass is 35.5. The summed E-state index contributed by atoms with van der Waals surface area (Å²) in [5.74, 6) is -3.17. The van der Waals surface area contributed by atoms with Gasteiger partial charge >= 0.3 is 12.1 Å². The summed E-state index contributed by atoms with van der Waals surface area (Å²) in [6.45, 7) is 0.556. The minimum Gasteiger partial charge on any atom is -0.493 e. The molecule has 0 unspecified atom stereocenters. The van der Waals surface area contributed by atoms with Crippen LogP contribution in [0.3, 0.4) is 0 Å². The van der Waals surface area contributed by atoms with E-state index in [-0.39, 0.29) is 33.9 Å². The molecule has 2 aromatic heterocycles. The third-order valence-electron chi connectivity index (χ3n) is 4.57. The molecule has 1 aromatic carbocycles. The summed E-state index contributed by atoms with van der Waals surface area (Å²) in [5.41, 5.74) is 0.700. The number of benzene rings is 1. The van der Waals surface area contributed by atoms with Crippen LogP contribution in [0.4, 0.5) is 24.0 Å². The number of nitriles is 1. The Morgan fingerprint density at radius 1 is 1.23 bits per heavy atom. The van der Waals surface area contributed by atoms with Gasteiger partial charge in [0.25, 0.3) is 15.9 Å². The first kappa shape index (κ1) is 29.6. The number of hydrogen-bond acceptors (Lipinski definition) is 10. The maximum atomic E-state index is 12.9. The summed E-state index contributed by atoms with van der Waals surface area (Å²) in [4.78, 5) is 31.1. The van der Waals surface area contributed by atoms with Crippen molar-refractivity contribution in [1.29, 1.82) is 5.26 Å². The summed E-state index contributed by atoms with van der Waals surface area (Å²) in [6.07, 6.45) is -3.72. The number of anilines is 2. The molecular weight excluding hydrogens is 587 g/mol. The second kappa shape index (κ2) is 12.3. The van der Waals surface area contributed by atoms with E-state index in [9.17, 15) is 31.2 Å². The standard InChI is InChI=1S/C22H17ClF3N5O6S2/c1-12-18(38-21(29-12)30-17(32)11-37-20(33)22(24,25)26)13-9-16(19(23)28-10-13)31-39(34,35)15-5-3-14(4-6-15)36-8-2-7-27/h3-6,9-10,31H,2,8,11H2,1H3,(H,29,30,32). The lowest BCUT2D eigenvalue weighted by Crippen LogP contribution is -2.29. The van der Waals surface area contributed by atoms with Crippen LogP contribution in [0.5, 0.6) is 5.75 Å². The van der Waals surface area contributed by atoms with Gasteiger partial charge in [-0.2, -0.15) is 18.4 Å². The molecule has 0 fully saturated rings. The average molecular weight is 604 g/mol. The van der Waals surface area contributed by atoms with Crippen molar-refractivity contribution in [2.24, 2.45) is 0 Å². The van der Waals surface area contributed by atoms with Gasteiger partial charge in [-0.15, -0.1) is 0 Å². The topological polar surface area (TPSA) is 160 Å². The predicted octanol–water partition coefficient (Wildman–Crippen LogP) is 4.30. The molecule has 0 bridgehead atoms. The van der Waals surface area contributed by atoms with Gasteiger partial charge in [0.05, 0.1) is 33.6 Å². The zero-order chi connectivity index (χ0) is 28.8. The molecule has 0 saturated heterocycles. The molecule has 0 atom stereocenters. The molecule has 0 saturated carbocycles. The van der Waals surface area contributed by atoms with Crippen molar-refractivity contribution in [3.05, 3.63) is 47.4 Å². The molecule has 39 heavy (non-hydrogen) atoms. The van der Waals surface area contributed by atoms with E-state index in [1.807, 2.05) is 6.07 Å². The number of amides is 1. The fourth-order valence-corrected chi connectivity index (χ4v) is 5.09. The van der Waals surface area contributed by atoms with Crippen molar-refractivity contribution in [2.45, 2.75) is 24.4 Å². The molecule has 11 nitrogen and oxygen atoms in total. The molecule has 2 N–H and O–H groups in total. The van der Waals surface area contributed by atoms with E-state index in [2.05, 4.69) is 24.7 Å². The molecule has 3 aromatic rings. The Hall–Kier alpha value is -3.94. The van der Waals surface area contributed by atoms with Crippen LogP contribution in [0.25, 0.3) is 10.4 Å². The molecule has 2 heterocycles. The first-order valence-corrected chi connectivity index (χ1v) is 13.3. The highest BCUT2D eigenvalue weighted by Gasteiger charge is 2.41. The van der Waals surface area contributed by atoms with E-state index in [1.54, 1.807) is 6.92 Å². The quantitative estimate of drug-likeness (QED) is 0.195. The van der Waals surface area contributed by atoms with Gasteiger partial charge in [-0.3, -0.25) is 14.8 Å². The fourth-order valence-electron chi connectivity index (χ4n) is 2.86. The zero-order valence-electron chi connectivity index (χ0n) is 19.7. The number of thiazole rings is 1. The van der Waals surface area contributed by atoms with Gasteiger partial charge in [0.15, 0.2) is 16.9 Å². The number of halogens is 4. The van der Waals surface area contributed by atoms with Crippen LogP contribution < -0.4 is 14.8 Å². The Kier molecular flexibility index (Phi) is 9.32. The highest BCUT2D eigenvalue weighted by molar-refractivity contribution is 7.92. The van der Waals surface area contributed by atoms with E-state index in [1.165, 1.54) is 36.5 Å². The second-order valence-electron chi connectivity index (χ2n) is 7.45. The van der Waals surface area contributed by atoms with E-state index in [0.717, 1.165) is 11.3 Å². The summed E-state index contributed by atoms with van der Waals surface area (Å²) in [7, 11) is -4.09. The van der Waals surface area contributed by atoms with Crippen molar-refractivity contribution >= 4 is 55.7 Å². The number of pyridine rings is 1. The Labute approximate surface area is 228 Å². The normalized spacial score (nSPS) is 11.4. The zero-order valence-corrected chi connectivity index (χ0v) is 22.1. The number of ether oxygens (including phenoxy) is 2. The van der Waals surface area contributed by atoms with Gasteiger partial charge in [-0.25, -0.2) is 23.2 Å². The smallest absolute Gasteiger partial charge is 0.490 e. The van der Waals surface area contributed by atoms with Crippen LogP contribution in [0.15, 0.2) is 41.4 Å². The molecule has 17 heteroatoms. The molecule has 0 radical (unpaired) electrons. The number of aromatic nitrogens is 2. The van der Waals surface area contributed by atoms with E-state index >= 15 is 0 Å². The number of esters is 1. The Morgan fingerprint density at radius 3 is 2.56 bits per heavy atom. The number of rotatable bonds is 10. The minimum atomic E-state index is -5.23. The first-order valence-electron chi connectivity index (χ1n) is 10.6. The lowest BCUT2D eigenvalue weighted by Gasteiger charge is -2.11. The van der Waals surface area contributed by atoms with Gasteiger partial charge in [-0.05, 0) is 37.3 Å². The highest BCUT2D eigenvalue weighted by Crippen LogP contribution is 2.35. The molecule has 3 rings (SSSR count). The molecule has 0 aliphatic heterocycles. The largest absolute Gasteiger partial charge is 0.493 e. The molecule has 0 spiro atoms. The number of nitrogens with zero attached hydrogens (tertiary/aromatic N) is 3. The van der Waals surface area contributed by atoms with E-state index in [4.69, 9.17) is 21.6 Å². The number of alkyl halides is 3. The van der Waals surface area contributed by atoms with Crippen LogP contribution >= 0.6 is 22.9 Å². The summed E-state index contributed by atoms with van der Waals surface area (Å²) < 4.78 is 74.0. The van der Waals surface area contributed by atoms with Gasteiger partial charge in [0, 0.05) is 11.8 Å². The first-order chi connectivity index (χ1) is 18.3. The number of hydrogen-bond donors (Lipinski definition) is 2. The molecule has 1 amide bonds. The number of carbonyl (C=O) groups excluding carboxylic acids is 2. The van der Waals surface area contributed by atoms with E-state index in [0.29, 0.717) is 21.9 Å². The van der Waals surface area contributed by atoms with Crippen molar-refractivity contribution in [1.82, 2.24) is 9.97 Å². The van der Waals surface area contributed by atoms with Crippen LogP contribution in [0.2, 0.25) is 5.15 Å². The summed E-state index contributed by atoms with van der Waals surface area (Å²) in [5, 5.41) is 10.6. The third kappa shape index (κ3) is 8.02. The summed E-state index contributed by atoms with van der Waals surface area (Å²) >= 11 is 7.02. The lowest BCUT2D eigenvalue weighted by molar-refractivity contribution is -0.199. The van der Waals surface area contributed by atoms with Crippen molar-refractivity contribution < 1.29 is 40.7 Å². The van der Waals surface area contributed by atoms with Crippen molar-refractivity contribution in [3.63, 3.8) is 0 Å². The fraction of sp³-hybridized carbons (Fsp3) is 0.227. The van der Waals surface area contributed by atoms with Gasteiger partial charge in [0.2, 0.25) is 0 Å². The SMILES string of the molecule is Cc1nc(NC(=O)COC(=O)C(F)(F)F)sc1-c1cnc(Cl)c(NS(=O)(=O)c2ccc(OCCC#N)cc2)c1. The number of carbonyl (C=O) groups is 2. The maximum Gasteiger partial charge on any atom is 0.490 e. The molecule has 206 valence electrons. The number of nitrogens with one attached hydrogen (secondary N) is 2. The second-order valence-corrected chi connectivity index (χ2v) is 10.5. The predicted molar refractivity (Wildman–Crippen MR) is 134 cm³/mol. The van der Waals surface area contributed by atoms with Gasteiger partial charge < -0.3 is 9.47 Å². The third-order valence-corrected chi connectivity index (χ3v) is 7.38. The molecular formula is C22H17ClF3N5O6S2. The van der Waals surface area contributed by atoms with Crippen molar-refractivity contribution in [2.75, 3.05) is 23.3 Å². The Bertz CT molecular complexity index is 1520. The average Bonchev–Trinajstić information content (AvgIpc) is 3.23. The van der Waals surface area contributed by atoms with Crippen LogP contribution in [0.1, 0.15) is 12.1 Å². The Balaban J connectivity index is 1.74. The van der Waals surface area contributed by atoms with Crippen LogP contribution in [-0.2, 0) is 24.3 Å². The maximum absolute atomic E-state index is 12.9. The van der Waals surface area contributed by atoms with Crippen LogP contribution in [0, 0.1) is 18.3 Å². The summed E-state index contributed by atoms with van der Waals surface area (Å²) in [6, 6.07) is 8.80. The van der Waals surface area contributed by atoms with Crippen molar-refractivity contribution in [3.8, 4) is 22.3 Å². The molecule has 0 aliphatic rings. The monoisotopic (exact) mass is 603 g/mol. The number of sulfonamides is 1. The van der Waals surface area contributed by atoms with Gasteiger partial charge in [0.1, 0.15) is 12.4 Å².